The number of amides is 3. The summed E-state index contributed by atoms with van der Waals surface area (Å²) in [6, 6.07) is 3.52. The molecule has 1 aliphatic carbocycles. The van der Waals surface area contributed by atoms with Crippen molar-refractivity contribution in [1.82, 2.24) is 40.3 Å². The van der Waals surface area contributed by atoms with Crippen LogP contribution < -0.4 is 27.8 Å². The number of rotatable bonds is 40. The number of esters is 1. The molecule has 0 radical (unpaired) electrons. The van der Waals surface area contributed by atoms with Crippen molar-refractivity contribution >= 4 is 69.4 Å². The van der Waals surface area contributed by atoms with Crippen molar-refractivity contribution in [2.24, 2.45) is 35.3 Å². The number of aliphatic hydroxyl groups is 3. The standard InChI is InChI=1S/C86H133N11O24/c1-55-17-11-10-12-18-56(2)69(107-7)52-63-23-20-60(6)86(106,121-63)79(102)82(103)96-29-15-13-19-66(96)83(104)118-71(53-70(108-8)57(3)48-59(5)77(100)78(101)76(99)58(4)47-55)64(87)49-61-21-24-68(72(50-61)109-9)120-85(105)91-28-32-111-34-36-113-38-40-115-42-44-117-46-45-116-43-41-114-39-37-112-35-33-110-31-26-73(98)90-27-14-16-30-97-81-74(80(88)92-54-93-81)75(95-97)62-22-25-67-65(51-62)94-84(89)119-67/h10-12,17-18,22,25,48,51,54-55,57-58,60-61,63-64,66,68-72,77-78,100-101,106H,13-16,19-21,23-24,26-47,49-50,52-53,87H2,1-9H3,(H2,89,94)(H,90,98)(H,91,105)(H2,88,92,93)/b12-10+,17-11+,56-18+,59-48+/t55-,57-,58-,60-,61+,63+,64-,66+,68-,69+,70-,71+,72-,77-,78+,86-/m1/s1. The molecule has 2 bridgehead atoms. The molecule has 11 N–H and O–H groups in total. The number of ketones is 2. The molecule has 6 heterocycles. The fourth-order valence-corrected chi connectivity index (χ4v) is 15.6. The van der Waals surface area contributed by atoms with E-state index in [1.807, 2.05) is 63.3 Å². The molecular weight excluding hydrogens is 1570 g/mol. The van der Waals surface area contributed by atoms with Crippen LogP contribution in [-0.4, -0.2) is 294 Å². The first kappa shape index (κ1) is 98.6. The minimum atomic E-state index is -2.48. The van der Waals surface area contributed by atoms with Crippen LogP contribution in [0.5, 0.6) is 0 Å². The number of fused-ring (bicyclic) bond motifs is 5. The van der Waals surface area contributed by atoms with Gasteiger partial charge in [-0.25, -0.2) is 24.2 Å². The maximum atomic E-state index is 14.8. The highest BCUT2D eigenvalue weighted by Crippen LogP contribution is 2.39. The number of nitrogens with two attached hydrogens (primary N) is 3. The molecule has 3 amide bonds. The first-order valence-corrected chi connectivity index (χ1v) is 42.7. The van der Waals surface area contributed by atoms with Gasteiger partial charge in [-0.1, -0.05) is 64.2 Å². The van der Waals surface area contributed by atoms with E-state index in [0.29, 0.717) is 203 Å². The Labute approximate surface area is 709 Å². The van der Waals surface area contributed by atoms with E-state index >= 15 is 0 Å². The molecule has 4 aromatic rings. The second kappa shape index (κ2) is 52.1. The number of aryl methyl sites for hydroxylation is 1. The monoisotopic (exact) mass is 1700 g/mol. The Bertz CT molecular complexity index is 3970. The highest BCUT2D eigenvalue weighted by Gasteiger charge is 2.53. The van der Waals surface area contributed by atoms with Gasteiger partial charge in [0.1, 0.15) is 53.8 Å². The molecule has 8 rings (SSSR count). The zero-order valence-electron chi connectivity index (χ0n) is 72.0. The van der Waals surface area contributed by atoms with Crippen LogP contribution in [0, 0.1) is 29.6 Å². The second-order valence-electron chi connectivity index (χ2n) is 31.7. The smallest absolute Gasteiger partial charge is 0.407 e. The number of ether oxygens (including phenoxy) is 14. The third-order valence-electron chi connectivity index (χ3n) is 22.6. The van der Waals surface area contributed by atoms with Crippen LogP contribution in [0.2, 0.25) is 0 Å². The van der Waals surface area contributed by atoms with Gasteiger partial charge in [-0.2, -0.15) is 10.1 Å². The van der Waals surface area contributed by atoms with Gasteiger partial charge in [-0.15, -0.1) is 0 Å². The number of hydrogen-bond acceptors (Lipinski definition) is 31. The van der Waals surface area contributed by atoms with Gasteiger partial charge in [-0.05, 0) is 132 Å². The summed E-state index contributed by atoms with van der Waals surface area (Å²) in [5, 5.41) is 46.0. The molecule has 121 heavy (non-hydrogen) atoms. The van der Waals surface area contributed by atoms with E-state index in [1.165, 1.54) is 18.3 Å². The van der Waals surface area contributed by atoms with Gasteiger partial charge in [-0.3, -0.25) is 19.2 Å². The number of hydrogen-bond donors (Lipinski definition) is 8. The van der Waals surface area contributed by atoms with Crippen molar-refractivity contribution in [1.29, 1.82) is 0 Å². The number of aliphatic hydroxyl groups excluding tert-OH is 2. The van der Waals surface area contributed by atoms with Crippen LogP contribution in [0.4, 0.5) is 16.6 Å². The van der Waals surface area contributed by atoms with Crippen LogP contribution in [0.25, 0.3) is 33.4 Å². The number of piperidine rings is 1. The number of methoxy groups -OCH3 is 3. The highest BCUT2D eigenvalue weighted by atomic mass is 16.6. The number of carbonyl (C=O) groups is 6. The number of benzene rings is 1. The predicted octanol–water partition coefficient (Wildman–Crippen LogP) is 6.63. The fourth-order valence-electron chi connectivity index (χ4n) is 15.6. The number of oxazole rings is 1. The van der Waals surface area contributed by atoms with E-state index in [0.717, 1.165) is 24.0 Å². The minimum Gasteiger partial charge on any atom is -0.459 e. The molecule has 0 spiro atoms. The molecule has 676 valence electrons. The van der Waals surface area contributed by atoms with E-state index in [2.05, 4.69) is 25.6 Å². The van der Waals surface area contributed by atoms with E-state index in [4.69, 9.17) is 93.0 Å². The lowest BCUT2D eigenvalue weighted by atomic mass is 9.80. The molecule has 16 atom stereocenters. The lowest BCUT2D eigenvalue weighted by Gasteiger charge is -2.43. The van der Waals surface area contributed by atoms with Crippen LogP contribution in [-0.2, 0) is 96.8 Å². The zero-order valence-corrected chi connectivity index (χ0v) is 72.0. The maximum absolute atomic E-state index is 14.8. The third kappa shape index (κ3) is 31.1. The number of nitrogens with zero attached hydrogens (tertiary/aromatic N) is 6. The zero-order chi connectivity index (χ0) is 87.2. The molecule has 3 fully saturated rings. The van der Waals surface area contributed by atoms with Crippen molar-refractivity contribution in [3.05, 3.63) is 72.1 Å². The summed E-state index contributed by atoms with van der Waals surface area (Å²) in [7, 11) is 4.60. The van der Waals surface area contributed by atoms with Crippen LogP contribution in [0.15, 0.2) is 76.5 Å². The number of nitrogen functional groups attached to an aromatic ring is 2. The third-order valence-corrected chi connectivity index (χ3v) is 22.6. The summed E-state index contributed by atoms with van der Waals surface area (Å²) in [4.78, 5) is 97.0. The van der Waals surface area contributed by atoms with Gasteiger partial charge in [0.15, 0.2) is 17.0 Å². The van der Waals surface area contributed by atoms with E-state index in [9.17, 15) is 44.1 Å². The summed E-state index contributed by atoms with van der Waals surface area (Å²) < 4.78 is 88.3. The Hall–Kier alpha value is -7.82. The number of alkyl carbamates (subject to hydrolysis) is 1. The molecular formula is C86H133N11O24. The predicted molar refractivity (Wildman–Crippen MR) is 448 cm³/mol. The van der Waals surface area contributed by atoms with Crippen molar-refractivity contribution in [2.45, 2.75) is 211 Å². The molecule has 4 aliphatic rings. The first-order valence-electron chi connectivity index (χ1n) is 42.7. The molecule has 0 unspecified atom stereocenters. The number of Topliss-reactive ketones (excluding diaryl/α,β-unsaturated/α-hetero) is 2. The number of nitrogens with one attached hydrogen (secondary N) is 2. The van der Waals surface area contributed by atoms with Gasteiger partial charge in [0.2, 0.25) is 11.7 Å². The Morgan fingerprint density at radius 1 is 0.686 bits per heavy atom. The summed E-state index contributed by atoms with van der Waals surface area (Å²) in [6.07, 6.45) is 11.0. The Morgan fingerprint density at radius 2 is 1.34 bits per heavy atom. The molecule has 35 heteroatoms. The Balaban J connectivity index is 0.655. The quantitative estimate of drug-likeness (QED) is 0.0100. The van der Waals surface area contributed by atoms with Crippen LogP contribution >= 0.6 is 0 Å². The number of unbranched alkanes of at least 4 members (excludes halogenated alkanes) is 1. The maximum Gasteiger partial charge on any atom is 0.407 e. The summed E-state index contributed by atoms with van der Waals surface area (Å²) >= 11 is 0. The summed E-state index contributed by atoms with van der Waals surface area (Å²) in [6.45, 7) is 17.7. The van der Waals surface area contributed by atoms with Crippen LogP contribution in [0.3, 0.4) is 0 Å². The molecule has 3 aliphatic heterocycles. The number of carbonyl (C=O) groups excluding carboxylic acids is 6. The summed E-state index contributed by atoms with van der Waals surface area (Å²) in [5.74, 6) is -7.77. The highest BCUT2D eigenvalue weighted by molar-refractivity contribution is 6.39. The number of aromatic nitrogens is 5. The van der Waals surface area contributed by atoms with Gasteiger partial charge in [0.05, 0.1) is 136 Å². The molecule has 2 saturated heterocycles. The molecule has 35 nitrogen and oxygen atoms in total. The van der Waals surface area contributed by atoms with E-state index in [-0.39, 0.29) is 75.7 Å². The number of cyclic esters (lactones) is 1. The summed E-state index contributed by atoms with van der Waals surface area (Å²) in [5.41, 5.74) is 23.5. The molecule has 3 aromatic heterocycles. The SMILES string of the molecule is CO[C@H]1C[C@@H]2CC[C@@H](C)[C@@](O)(O2)C(=O)C(=O)N2CCCC[C@H]2C(=O)O[C@H]([C@H](N)C[C@@H]2CC[C@@H](OC(=O)NCCOCCOCCOCCOCCOCCOCCOCCOCCC(=O)NCCCCn3nc(-c4ccc5oc(N)nc5c4)c4c(N)ncnc43)[C@H](OC)C2)C[C@@H](OC)[C@H](C)/C=C(\C)[C@@H](O)[C@@H](O)C(=O)[C@H](C)C[C@H](C)/C=C/C=C/C=C/1C. The molecule has 1 saturated carbocycles. The molecule has 1 aromatic carbocycles. The van der Waals surface area contributed by atoms with Gasteiger partial charge in [0.25, 0.3) is 17.7 Å². The number of anilines is 2. The fraction of sp³-hybridized carbons (Fsp3) is 0.698. The van der Waals surface area contributed by atoms with Crippen molar-refractivity contribution in [3.63, 3.8) is 0 Å². The van der Waals surface area contributed by atoms with Crippen molar-refractivity contribution in [2.75, 3.05) is 158 Å². The van der Waals surface area contributed by atoms with Crippen LogP contribution in [0.1, 0.15) is 138 Å². The van der Waals surface area contributed by atoms with E-state index in [1.54, 1.807) is 51.8 Å². The van der Waals surface area contributed by atoms with Crippen molar-refractivity contribution in [3.8, 4) is 11.3 Å². The average molecular weight is 1710 g/mol. The topological polar surface area (TPSA) is 467 Å². The number of allylic oxidation sites excluding steroid dienone is 5. The van der Waals surface area contributed by atoms with Gasteiger partial charge in [0, 0.05) is 96.1 Å². The van der Waals surface area contributed by atoms with Crippen molar-refractivity contribution < 1.29 is 115 Å². The largest absolute Gasteiger partial charge is 0.459 e. The second-order valence-corrected chi connectivity index (χ2v) is 31.7. The van der Waals surface area contributed by atoms with E-state index < -0.39 is 114 Å². The van der Waals surface area contributed by atoms with Gasteiger partial charge < -0.3 is 119 Å². The minimum absolute atomic E-state index is 0.0360. The Kier molecular flexibility index (Phi) is 42.4. The lowest BCUT2D eigenvalue weighted by molar-refractivity contribution is -0.265. The lowest BCUT2D eigenvalue weighted by Crippen LogP contribution is -2.61. The average Bonchev–Trinajstić information content (AvgIpc) is 1.73. The first-order chi connectivity index (χ1) is 58.3. The van der Waals surface area contributed by atoms with Gasteiger partial charge >= 0.3 is 12.1 Å². The Morgan fingerprint density at radius 3 is 1.99 bits per heavy atom. The normalized spacial score (nSPS) is 27.8.